The molecule has 0 radical (unpaired) electrons. The lowest BCUT2D eigenvalue weighted by Gasteiger charge is -2.02. The van der Waals surface area contributed by atoms with E-state index in [-0.39, 0.29) is 11.6 Å². The van der Waals surface area contributed by atoms with Gasteiger partial charge in [0.1, 0.15) is 5.01 Å². The number of benzene rings is 1. The van der Waals surface area contributed by atoms with E-state index >= 15 is 0 Å². The number of methoxy groups -OCH3 is 1. The zero-order valence-electron chi connectivity index (χ0n) is 9.96. The molecule has 1 aromatic carbocycles. The van der Waals surface area contributed by atoms with Crippen molar-refractivity contribution in [3.8, 4) is 16.3 Å². The number of nitrogens with one attached hydrogen (secondary N) is 1. The average Bonchev–Trinajstić information content (AvgIpc) is 2.71. The van der Waals surface area contributed by atoms with E-state index in [9.17, 15) is 4.39 Å². The summed E-state index contributed by atoms with van der Waals surface area (Å²) in [5, 5.41) is 3.83. The number of nitrogens with zero attached hydrogens (tertiary/aromatic N) is 1. The first-order valence-electron chi connectivity index (χ1n) is 5.29. The average molecular weight is 331 g/mol. The molecule has 1 N–H and O–H groups in total. The molecule has 0 bridgehead atoms. The third-order valence-corrected chi connectivity index (χ3v) is 4.27. The molecule has 0 amide bonds. The Kier molecular flexibility index (Phi) is 4.31. The maximum Gasteiger partial charge on any atom is 0.165 e. The molecule has 96 valence electrons. The van der Waals surface area contributed by atoms with Gasteiger partial charge in [-0.15, -0.1) is 11.3 Å². The summed E-state index contributed by atoms with van der Waals surface area (Å²) in [5.74, 6) is -0.138. The van der Waals surface area contributed by atoms with Crippen molar-refractivity contribution in [2.45, 2.75) is 6.54 Å². The van der Waals surface area contributed by atoms with E-state index in [2.05, 4.69) is 26.2 Å². The van der Waals surface area contributed by atoms with Crippen LogP contribution in [0.15, 0.2) is 22.0 Å². The van der Waals surface area contributed by atoms with Gasteiger partial charge in [-0.25, -0.2) is 9.37 Å². The van der Waals surface area contributed by atoms with Gasteiger partial charge < -0.3 is 10.1 Å². The fourth-order valence-corrected chi connectivity index (χ4v) is 3.03. The Bertz CT molecular complexity index is 559. The normalized spacial score (nSPS) is 10.7. The highest BCUT2D eigenvalue weighted by Gasteiger charge is 2.12. The Morgan fingerprint density at radius 2 is 2.28 bits per heavy atom. The number of hydrogen-bond donors (Lipinski definition) is 1. The summed E-state index contributed by atoms with van der Waals surface area (Å²) in [4.78, 5) is 4.47. The summed E-state index contributed by atoms with van der Waals surface area (Å²) >= 11 is 4.95. The summed E-state index contributed by atoms with van der Waals surface area (Å²) in [7, 11) is 3.31. The van der Waals surface area contributed by atoms with Crippen LogP contribution in [0.4, 0.5) is 4.39 Å². The lowest BCUT2D eigenvalue weighted by atomic mass is 10.2. The number of rotatable bonds is 4. The topological polar surface area (TPSA) is 34.2 Å². The molecule has 2 rings (SSSR count). The van der Waals surface area contributed by atoms with Gasteiger partial charge in [-0.3, -0.25) is 0 Å². The molecule has 1 heterocycles. The van der Waals surface area contributed by atoms with Crippen molar-refractivity contribution in [1.82, 2.24) is 10.3 Å². The van der Waals surface area contributed by atoms with E-state index in [0.29, 0.717) is 6.54 Å². The third-order valence-electron chi connectivity index (χ3n) is 2.39. The van der Waals surface area contributed by atoms with Crippen LogP contribution in [0.1, 0.15) is 5.69 Å². The van der Waals surface area contributed by atoms with Crippen LogP contribution in [-0.2, 0) is 6.54 Å². The molecule has 18 heavy (non-hydrogen) atoms. The van der Waals surface area contributed by atoms with E-state index in [1.807, 2.05) is 7.05 Å². The van der Waals surface area contributed by atoms with Crippen LogP contribution in [0, 0.1) is 5.82 Å². The Hall–Kier alpha value is -0.980. The van der Waals surface area contributed by atoms with Gasteiger partial charge in [0.2, 0.25) is 0 Å². The van der Waals surface area contributed by atoms with Gasteiger partial charge in [0.25, 0.3) is 0 Å². The summed E-state index contributed by atoms with van der Waals surface area (Å²) in [5.41, 5.74) is 1.68. The van der Waals surface area contributed by atoms with Crippen molar-refractivity contribution in [2.24, 2.45) is 0 Å². The second-order valence-electron chi connectivity index (χ2n) is 3.62. The molecule has 0 atom stereocenters. The summed E-state index contributed by atoms with van der Waals surface area (Å²) in [6, 6.07) is 4.85. The Balaban J connectivity index is 2.36. The number of thiazole rings is 1. The summed E-state index contributed by atoms with van der Waals surface area (Å²) in [6.07, 6.45) is 0. The highest BCUT2D eigenvalue weighted by atomic mass is 79.9. The van der Waals surface area contributed by atoms with Crippen LogP contribution >= 0.6 is 27.3 Å². The molecule has 0 spiro atoms. The minimum absolute atomic E-state index is 0.241. The summed E-state index contributed by atoms with van der Waals surface area (Å²) in [6.45, 7) is 0.676. The van der Waals surface area contributed by atoms with Crippen LogP contribution in [0.5, 0.6) is 5.75 Å². The number of hydrogen-bond acceptors (Lipinski definition) is 4. The van der Waals surface area contributed by atoms with Gasteiger partial charge in [-0.05, 0) is 41.2 Å². The first-order chi connectivity index (χ1) is 8.65. The molecule has 3 nitrogen and oxygen atoms in total. The fraction of sp³-hybridized carbons (Fsp3) is 0.250. The predicted octanol–water partition coefficient (Wildman–Crippen LogP) is 3.44. The quantitative estimate of drug-likeness (QED) is 0.932. The van der Waals surface area contributed by atoms with Crippen LogP contribution in [-0.4, -0.2) is 19.1 Å². The summed E-state index contributed by atoms with van der Waals surface area (Å²) < 4.78 is 19.5. The van der Waals surface area contributed by atoms with Crippen LogP contribution < -0.4 is 10.1 Å². The highest BCUT2D eigenvalue weighted by molar-refractivity contribution is 9.11. The molecule has 1 aromatic heterocycles. The number of halogens is 2. The molecule has 0 saturated heterocycles. The minimum atomic E-state index is -0.378. The van der Waals surface area contributed by atoms with E-state index in [1.54, 1.807) is 12.1 Å². The molecule has 0 saturated carbocycles. The number of ether oxygens (including phenoxy) is 1. The van der Waals surface area contributed by atoms with Crippen LogP contribution in [0.25, 0.3) is 10.6 Å². The van der Waals surface area contributed by atoms with Crippen LogP contribution in [0.2, 0.25) is 0 Å². The first kappa shape index (κ1) is 13.5. The maximum absolute atomic E-state index is 13.6. The Labute approximate surface area is 117 Å². The van der Waals surface area contributed by atoms with Crippen molar-refractivity contribution in [3.63, 3.8) is 0 Å². The SMILES string of the molecule is CNCc1nc(-c2ccc(OC)c(F)c2)sc1Br. The lowest BCUT2D eigenvalue weighted by Crippen LogP contribution is -2.05. The van der Waals surface area contributed by atoms with E-state index in [0.717, 1.165) is 20.1 Å². The fourth-order valence-electron chi connectivity index (χ4n) is 1.53. The molecule has 0 aliphatic carbocycles. The Morgan fingerprint density at radius 3 is 2.89 bits per heavy atom. The van der Waals surface area contributed by atoms with Gasteiger partial charge in [0, 0.05) is 12.1 Å². The predicted molar refractivity (Wildman–Crippen MR) is 74.5 cm³/mol. The second-order valence-corrected chi connectivity index (χ2v) is 5.94. The zero-order valence-corrected chi connectivity index (χ0v) is 12.4. The molecule has 6 heteroatoms. The first-order valence-corrected chi connectivity index (χ1v) is 6.90. The highest BCUT2D eigenvalue weighted by Crippen LogP contribution is 2.33. The standard InChI is InChI=1S/C12H12BrFN2OS/c1-15-6-9-11(13)18-12(16-9)7-3-4-10(17-2)8(14)5-7/h3-5,15H,6H2,1-2H3. The van der Waals surface area contributed by atoms with Crippen LogP contribution in [0.3, 0.4) is 0 Å². The molecule has 0 fully saturated rings. The molecular formula is C12H12BrFN2OS. The van der Waals surface area contributed by atoms with Gasteiger partial charge >= 0.3 is 0 Å². The molecule has 0 unspecified atom stereocenters. The lowest BCUT2D eigenvalue weighted by molar-refractivity contribution is 0.386. The maximum atomic E-state index is 13.6. The van der Waals surface area contributed by atoms with Gasteiger partial charge in [-0.2, -0.15) is 0 Å². The Morgan fingerprint density at radius 1 is 1.50 bits per heavy atom. The molecule has 2 aromatic rings. The van der Waals surface area contributed by atoms with Crippen molar-refractivity contribution in [2.75, 3.05) is 14.2 Å². The minimum Gasteiger partial charge on any atom is -0.494 e. The van der Waals surface area contributed by atoms with Crippen molar-refractivity contribution in [3.05, 3.63) is 33.5 Å². The zero-order chi connectivity index (χ0) is 13.1. The van der Waals surface area contributed by atoms with Crippen molar-refractivity contribution < 1.29 is 9.13 Å². The molecule has 0 aliphatic rings. The van der Waals surface area contributed by atoms with E-state index in [1.165, 1.54) is 24.5 Å². The van der Waals surface area contributed by atoms with E-state index < -0.39 is 0 Å². The largest absolute Gasteiger partial charge is 0.494 e. The van der Waals surface area contributed by atoms with Crippen molar-refractivity contribution >= 4 is 27.3 Å². The van der Waals surface area contributed by atoms with Gasteiger partial charge in [0.05, 0.1) is 16.6 Å². The smallest absolute Gasteiger partial charge is 0.165 e. The molecular weight excluding hydrogens is 319 g/mol. The van der Waals surface area contributed by atoms with Gasteiger partial charge in [0.15, 0.2) is 11.6 Å². The van der Waals surface area contributed by atoms with Gasteiger partial charge in [-0.1, -0.05) is 0 Å². The monoisotopic (exact) mass is 330 g/mol. The third kappa shape index (κ3) is 2.71. The van der Waals surface area contributed by atoms with E-state index in [4.69, 9.17) is 4.74 Å². The molecule has 0 aliphatic heterocycles. The number of aromatic nitrogens is 1. The van der Waals surface area contributed by atoms with Crippen molar-refractivity contribution in [1.29, 1.82) is 0 Å². The second kappa shape index (κ2) is 5.77.